The predicted octanol–water partition coefficient (Wildman–Crippen LogP) is 1.99. The Morgan fingerprint density at radius 3 is 2.85 bits per heavy atom. The quantitative estimate of drug-likeness (QED) is 0.876. The molecule has 2 bridgehead atoms. The summed E-state index contributed by atoms with van der Waals surface area (Å²) in [6.45, 7) is 3.41. The molecule has 3 aliphatic rings. The number of benzene rings is 1. The van der Waals surface area contributed by atoms with Gasteiger partial charge in [0.1, 0.15) is 0 Å². The van der Waals surface area contributed by atoms with Crippen molar-refractivity contribution in [3.8, 4) is 0 Å². The molecule has 3 saturated heterocycles. The van der Waals surface area contributed by atoms with Crippen LogP contribution in [0.15, 0.2) is 30.5 Å². The Hall–Kier alpha value is -1.81. The lowest BCUT2D eigenvalue weighted by atomic mass is 9.84. The molecule has 1 unspecified atom stereocenters. The highest BCUT2D eigenvalue weighted by molar-refractivity contribution is 6.06. The molecule has 20 heavy (non-hydrogen) atoms. The van der Waals surface area contributed by atoms with E-state index in [1.807, 2.05) is 30.5 Å². The maximum atomic E-state index is 12.6. The fourth-order valence-corrected chi connectivity index (χ4v) is 3.66. The van der Waals surface area contributed by atoms with Crippen molar-refractivity contribution >= 4 is 16.8 Å². The van der Waals surface area contributed by atoms with E-state index in [9.17, 15) is 4.79 Å². The number of piperidine rings is 3. The second-order valence-corrected chi connectivity index (χ2v) is 5.96. The summed E-state index contributed by atoms with van der Waals surface area (Å²) < 4.78 is 0. The van der Waals surface area contributed by atoms with Gasteiger partial charge in [-0.05, 0) is 50.0 Å². The van der Waals surface area contributed by atoms with Gasteiger partial charge in [-0.25, -0.2) is 0 Å². The number of fused-ring (bicyclic) bond motifs is 4. The average molecular weight is 269 g/mol. The molecule has 2 N–H and O–H groups in total. The molecule has 0 aliphatic carbocycles. The summed E-state index contributed by atoms with van der Waals surface area (Å²) in [7, 11) is 0. The van der Waals surface area contributed by atoms with Gasteiger partial charge in [-0.3, -0.25) is 4.79 Å². The molecule has 4 nitrogen and oxygen atoms in total. The molecule has 1 atom stereocenters. The number of nitrogens with zero attached hydrogens (tertiary/aromatic N) is 1. The second-order valence-electron chi connectivity index (χ2n) is 5.96. The Morgan fingerprint density at radius 1 is 1.25 bits per heavy atom. The molecular formula is C16H19N3O. The fourth-order valence-electron chi connectivity index (χ4n) is 3.66. The molecule has 4 heterocycles. The monoisotopic (exact) mass is 269 g/mol. The smallest absolute Gasteiger partial charge is 0.252 e. The van der Waals surface area contributed by atoms with Crippen LogP contribution in [0.3, 0.4) is 0 Å². The van der Waals surface area contributed by atoms with Gasteiger partial charge < -0.3 is 15.2 Å². The summed E-state index contributed by atoms with van der Waals surface area (Å²) in [6.07, 6.45) is 4.33. The van der Waals surface area contributed by atoms with E-state index in [4.69, 9.17) is 0 Å². The molecule has 3 fully saturated rings. The summed E-state index contributed by atoms with van der Waals surface area (Å²) in [5.41, 5.74) is 1.80. The maximum absolute atomic E-state index is 12.6. The molecule has 104 valence electrons. The molecule has 1 aromatic heterocycles. The Bertz CT molecular complexity index is 640. The van der Waals surface area contributed by atoms with Crippen LogP contribution in [0.5, 0.6) is 0 Å². The number of H-pyrrole nitrogens is 1. The van der Waals surface area contributed by atoms with Crippen LogP contribution in [0.4, 0.5) is 0 Å². The molecule has 2 aromatic rings. The lowest BCUT2D eigenvalue weighted by molar-refractivity contribution is 0.0621. The first-order valence-corrected chi connectivity index (χ1v) is 7.40. The maximum Gasteiger partial charge on any atom is 0.252 e. The third kappa shape index (κ3) is 1.91. The summed E-state index contributed by atoms with van der Waals surface area (Å²) >= 11 is 0. The molecule has 0 radical (unpaired) electrons. The summed E-state index contributed by atoms with van der Waals surface area (Å²) in [4.78, 5) is 18.2. The Morgan fingerprint density at radius 2 is 2.10 bits per heavy atom. The van der Waals surface area contributed by atoms with Gasteiger partial charge in [-0.1, -0.05) is 6.07 Å². The molecule has 5 rings (SSSR count). The van der Waals surface area contributed by atoms with Crippen molar-refractivity contribution in [3.63, 3.8) is 0 Å². The van der Waals surface area contributed by atoms with Gasteiger partial charge in [-0.15, -0.1) is 0 Å². The van der Waals surface area contributed by atoms with E-state index in [-0.39, 0.29) is 5.91 Å². The van der Waals surface area contributed by atoms with Gasteiger partial charge >= 0.3 is 0 Å². The van der Waals surface area contributed by atoms with E-state index >= 15 is 0 Å². The van der Waals surface area contributed by atoms with Gasteiger partial charge in [0.25, 0.3) is 5.91 Å². The van der Waals surface area contributed by atoms with Gasteiger partial charge in [0.2, 0.25) is 0 Å². The molecule has 1 aromatic carbocycles. The largest absolute Gasteiger partial charge is 0.361 e. The van der Waals surface area contributed by atoms with Crippen LogP contribution in [-0.2, 0) is 0 Å². The minimum Gasteiger partial charge on any atom is -0.361 e. The number of carbonyl (C=O) groups excluding carboxylic acids is 1. The summed E-state index contributed by atoms with van der Waals surface area (Å²) in [6, 6.07) is 8.14. The number of aromatic amines is 1. The van der Waals surface area contributed by atoms with Crippen LogP contribution in [0.25, 0.3) is 10.9 Å². The van der Waals surface area contributed by atoms with Crippen LogP contribution in [0.2, 0.25) is 0 Å². The van der Waals surface area contributed by atoms with Crippen LogP contribution in [-0.4, -0.2) is 41.5 Å². The first kappa shape index (κ1) is 12.0. The lowest BCUT2D eigenvalue weighted by Gasteiger charge is -2.44. The van der Waals surface area contributed by atoms with E-state index in [1.54, 1.807) is 0 Å². The Kier molecular flexibility index (Phi) is 2.77. The third-order valence-corrected chi connectivity index (χ3v) is 4.81. The van der Waals surface area contributed by atoms with E-state index in [0.29, 0.717) is 12.0 Å². The van der Waals surface area contributed by atoms with Gasteiger partial charge in [0.05, 0.1) is 0 Å². The molecule has 1 amide bonds. The van der Waals surface area contributed by atoms with Crippen molar-refractivity contribution in [3.05, 3.63) is 36.0 Å². The SMILES string of the molecule is O=C(NC1CN2CCC1CC2)c1cccc2[nH]ccc12. The molecule has 0 saturated carbocycles. The zero-order chi connectivity index (χ0) is 13.5. The highest BCUT2D eigenvalue weighted by Crippen LogP contribution is 2.28. The van der Waals surface area contributed by atoms with Crippen molar-refractivity contribution in [2.75, 3.05) is 19.6 Å². The van der Waals surface area contributed by atoms with Crippen LogP contribution in [0, 0.1) is 5.92 Å². The number of hydrogen-bond donors (Lipinski definition) is 2. The van der Waals surface area contributed by atoms with Crippen LogP contribution in [0.1, 0.15) is 23.2 Å². The first-order valence-electron chi connectivity index (χ1n) is 7.40. The highest BCUT2D eigenvalue weighted by Gasteiger charge is 2.35. The number of carbonyl (C=O) groups is 1. The number of amides is 1. The normalized spacial score (nSPS) is 28.7. The highest BCUT2D eigenvalue weighted by atomic mass is 16.1. The van der Waals surface area contributed by atoms with Crippen molar-refractivity contribution in [2.24, 2.45) is 5.92 Å². The molecule has 4 heteroatoms. The number of hydrogen-bond acceptors (Lipinski definition) is 2. The summed E-state index contributed by atoms with van der Waals surface area (Å²) in [5, 5.41) is 4.26. The summed E-state index contributed by atoms with van der Waals surface area (Å²) in [5.74, 6) is 0.725. The van der Waals surface area contributed by atoms with Gasteiger partial charge in [0, 0.05) is 35.2 Å². The molecule has 3 aliphatic heterocycles. The number of aromatic nitrogens is 1. The van der Waals surface area contributed by atoms with E-state index in [0.717, 1.165) is 23.0 Å². The molecular weight excluding hydrogens is 250 g/mol. The van der Waals surface area contributed by atoms with E-state index in [2.05, 4.69) is 15.2 Å². The standard InChI is InChI=1S/C16H19N3O/c20-16(13-2-1-3-14-12(13)4-7-17-14)18-15-10-19-8-5-11(15)6-9-19/h1-4,7,11,15,17H,5-6,8-10H2,(H,18,20). The first-order chi connectivity index (χ1) is 9.81. The van der Waals surface area contributed by atoms with Crippen molar-refractivity contribution < 1.29 is 4.79 Å². The van der Waals surface area contributed by atoms with Crippen molar-refractivity contribution in [1.82, 2.24) is 15.2 Å². The minimum atomic E-state index is 0.0638. The Labute approximate surface area is 118 Å². The van der Waals surface area contributed by atoms with Crippen LogP contribution >= 0.6 is 0 Å². The Balaban J connectivity index is 1.57. The zero-order valence-electron chi connectivity index (χ0n) is 11.4. The van der Waals surface area contributed by atoms with Gasteiger partial charge in [-0.2, -0.15) is 0 Å². The van der Waals surface area contributed by atoms with Crippen LogP contribution < -0.4 is 5.32 Å². The van der Waals surface area contributed by atoms with Crippen molar-refractivity contribution in [1.29, 1.82) is 0 Å². The van der Waals surface area contributed by atoms with E-state index in [1.165, 1.54) is 25.9 Å². The minimum absolute atomic E-state index is 0.0638. The number of nitrogens with one attached hydrogen (secondary N) is 2. The van der Waals surface area contributed by atoms with E-state index < -0.39 is 0 Å². The predicted molar refractivity (Wildman–Crippen MR) is 78.7 cm³/mol. The fraction of sp³-hybridized carbons (Fsp3) is 0.438. The molecule has 0 spiro atoms. The topological polar surface area (TPSA) is 48.1 Å². The third-order valence-electron chi connectivity index (χ3n) is 4.81. The zero-order valence-corrected chi connectivity index (χ0v) is 11.4. The second kappa shape index (κ2) is 4.63. The lowest BCUT2D eigenvalue weighted by Crippen LogP contribution is -2.57. The number of rotatable bonds is 2. The van der Waals surface area contributed by atoms with Crippen molar-refractivity contribution in [2.45, 2.75) is 18.9 Å². The average Bonchev–Trinajstić information content (AvgIpc) is 2.96. The van der Waals surface area contributed by atoms with Gasteiger partial charge in [0.15, 0.2) is 0 Å².